The molecule has 0 fully saturated rings. The van der Waals surface area contributed by atoms with Crippen LogP contribution in [0.5, 0.6) is 5.75 Å². The number of nitrogens with zero attached hydrogens (tertiary/aromatic N) is 1. The lowest BCUT2D eigenvalue weighted by atomic mass is 10.0. The van der Waals surface area contributed by atoms with E-state index < -0.39 is 0 Å². The first-order valence-corrected chi connectivity index (χ1v) is 11.3. The summed E-state index contributed by atoms with van der Waals surface area (Å²) in [4.78, 5) is 28.3. The van der Waals surface area contributed by atoms with Crippen molar-refractivity contribution in [3.8, 4) is 5.75 Å². The Bertz CT molecular complexity index is 1180. The van der Waals surface area contributed by atoms with Crippen molar-refractivity contribution in [2.45, 2.75) is 33.6 Å². The predicted octanol–water partition coefficient (Wildman–Crippen LogP) is 5.74. The molecule has 1 aliphatic rings. The number of rotatable bonds is 8. The molecule has 2 amide bonds. The largest absolute Gasteiger partial charge is 0.494 e. The predicted molar refractivity (Wildman–Crippen MR) is 132 cm³/mol. The van der Waals surface area contributed by atoms with E-state index in [9.17, 15) is 9.59 Å². The van der Waals surface area contributed by atoms with Gasteiger partial charge in [-0.05, 0) is 67.3 Å². The van der Waals surface area contributed by atoms with Crippen LogP contribution in [0.25, 0.3) is 5.57 Å². The quantitative estimate of drug-likeness (QED) is 0.454. The van der Waals surface area contributed by atoms with E-state index in [-0.39, 0.29) is 17.5 Å². The molecule has 0 radical (unpaired) electrons. The standard InChI is InChI=1S/C28H28N2O3/c1-4-18-33-24-16-10-21(11-17-24)25-26(29-22-12-8-20(5-2)9-13-22)28(32)30(27(25)31)23-14-6-19(3)7-15-23/h6-17,29H,4-5,18H2,1-3H3. The highest BCUT2D eigenvalue weighted by atomic mass is 16.5. The Morgan fingerprint density at radius 1 is 0.818 bits per heavy atom. The number of carbonyl (C=O) groups excluding carboxylic acids is 2. The van der Waals surface area contributed by atoms with Crippen LogP contribution in [-0.4, -0.2) is 18.4 Å². The van der Waals surface area contributed by atoms with Gasteiger partial charge < -0.3 is 10.1 Å². The topological polar surface area (TPSA) is 58.6 Å². The van der Waals surface area contributed by atoms with Gasteiger partial charge in [-0.2, -0.15) is 0 Å². The third-order valence-electron chi connectivity index (χ3n) is 5.62. The van der Waals surface area contributed by atoms with Crippen LogP contribution in [0, 0.1) is 6.92 Å². The van der Waals surface area contributed by atoms with E-state index in [4.69, 9.17) is 4.74 Å². The van der Waals surface area contributed by atoms with Gasteiger partial charge in [-0.25, -0.2) is 4.90 Å². The maximum Gasteiger partial charge on any atom is 0.282 e. The molecular formula is C28H28N2O3. The summed E-state index contributed by atoms with van der Waals surface area (Å²) in [6.45, 7) is 6.74. The van der Waals surface area contributed by atoms with Crippen LogP contribution in [0.15, 0.2) is 78.5 Å². The minimum absolute atomic E-state index is 0.270. The van der Waals surface area contributed by atoms with E-state index in [0.717, 1.165) is 29.8 Å². The van der Waals surface area contributed by atoms with Gasteiger partial charge in [0.1, 0.15) is 11.4 Å². The second-order valence-electron chi connectivity index (χ2n) is 8.08. The van der Waals surface area contributed by atoms with Crippen LogP contribution in [0.2, 0.25) is 0 Å². The van der Waals surface area contributed by atoms with Gasteiger partial charge in [0, 0.05) is 5.69 Å². The zero-order valence-corrected chi connectivity index (χ0v) is 19.2. The third kappa shape index (κ3) is 4.67. The summed E-state index contributed by atoms with van der Waals surface area (Å²) in [5, 5.41) is 3.22. The number of benzene rings is 3. The van der Waals surface area contributed by atoms with Crippen molar-refractivity contribution in [3.63, 3.8) is 0 Å². The second-order valence-corrected chi connectivity index (χ2v) is 8.08. The fourth-order valence-corrected chi connectivity index (χ4v) is 3.75. The summed E-state index contributed by atoms with van der Waals surface area (Å²) in [7, 11) is 0. The number of aryl methyl sites for hydroxylation is 2. The second kappa shape index (κ2) is 9.74. The van der Waals surface area contributed by atoms with Crippen LogP contribution < -0.4 is 15.0 Å². The number of ether oxygens (including phenoxy) is 1. The highest BCUT2D eigenvalue weighted by molar-refractivity contribution is 6.46. The molecule has 3 aromatic rings. The van der Waals surface area contributed by atoms with Crippen LogP contribution >= 0.6 is 0 Å². The number of anilines is 2. The van der Waals surface area contributed by atoms with Crippen LogP contribution in [-0.2, 0) is 16.0 Å². The van der Waals surface area contributed by atoms with Gasteiger partial charge >= 0.3 is 0 Å². The van der Waals surface area contributed by atoms with Crippen molar-refractivity contribution in [3.05, 3.63) is 95.2 Å². The number of nitrogens with one attached hydrogen (secondary N) is 1. The zero-order valence-electron chi connectivity index (χ0n) is 19.2. The minimum Gasteiger partial charge on any atom is -0.494 e. The van der Waals surface area contributed by atoms with Gasteiger partial charge in [-0.1, -0.05) is 55.8 Å². The van der Waals surface area contributed by atoms with Crippen molar-refractivity contribution in [1.82, 2.24) is 0 Å². The Kier molecular flexibility index (Phi) is 6.59. The molecule has 0 unspecified atom stereocenters. The van der Waals surface area contributed by atoms with Crippen molar-refractivity contribution in [2.75, 3.05) is 16.8 Å². The summed E-state index contributed by atoms with van der Waals surface area (Å²) in [5.41, 5.74) is 4.85. The van der Waals surface area contributed by atoms with Gasteiger partial charge in [-0.3, -0.25) is 9.59 Å². The van der Waals surface area contributed by atoms with Gasteiger partial charge in [0.15, 0.2) is 0 Å². The molecule has 33 heavy (non-hydrogen) atoms. The van der Waals surface area contributed by atoms with Gasteiger partial charge in [0.2, 0.25) is 0 Å². The number of amides is 2. The van der Waals surface area contributed by atoms with Gasteiger partial charge in [0.25, 0.3) is 11.8 Å². The summed E-state index contributed by atoms with van der Waals surface area (Å²) in [6.07, 6.45) is 1.84. The highest BCUT2D eigenvalue weighted by Crippen LogP contribution is 2.34. The highest BCUT2D eigenvalue weighted by Gasteiger charge is 2.40. The SMILES string of the molecule is CCCOc1ccc(C2=C(Nc3ccc(CC)cc3)C(=O)N(c3ccc(C)cc3)C2=O)cc1. The first-order valence-electron chi connectivity index (χ1n) is 11.3. The smallest absolute Gasteiger partial charge is 0.282 e. The molecule has 1 aliphatic heterocycles. The molecule has 1 N–H and O–H groups in total. The Balaban J connectivity index is 1.74. The lowest BCUT2D eigenvalue weighted by Gasteiger charge is -2.15. The minimum atomic E-state index is -0.371. The monoisotopic (exact) mass is 440 g/mol. The van der Waals surface area contributed by atoms with Gasteiger partial charge in [-0.15, -0.1) is 0 Å². The maximum atomic E-state index is 13.5. The zero-order chi connectivity index (χ0) is 23.4. The number of imide groups is 1. The Labute approximate surface area is 194 Å². The summed E-state index contributed by atoms with van der Waals surface area (Å²) >= 11 is 0. The van der Waals surface area contributed by atoms with Crippen LogP contribution in [0.4, 0.5) is 11.4 Å². The molecular weight excluding hydrogens is 412 g/mol. The number of carbonyl (C=O) groups is 2. The lowest BCUT2D eigenvalue weighted by Crippen LogP contribution is -2.32. The van der Waals surface area contributed by atoms with Crippen LogP contribution in [0.3, 0.4) is 0 Å². The number of hydrogen-bond donors (Lipinski definition) is 1. The average molecular weight is 441 g/mol. The molecule has 168 valence electrons. The molecule has 0 atom stereocenters. The lowest BCUT2D eigenvalue weighted by molar-refractivity contribution is -0.120. The van der Waals surface area contributed by atoms with E-state index in [1.165, 1.54) is 10.5 Å². The van der Waals surface area contributed by atoms with E-state index in [2.05, 4.69) is 12.2 Å². The van der Waals surface area contributed by atoms with Crippen molar-refractivity contribution < 1.29 is 14.3 Å². The van der Waals surface area contributed by atoms with Gasteiger partial charge in [0.05, 0.1) is 17.9 Å². The maximum absolute atomic E-state index is 13.5. The number of hydrogen-bond acceptors (Lipinski definition) is 4. The van der Waals surface area contributed by atoms with E-state index >= 15 is 0 Å². The molecule has 0 bridgehead atoms. The van der Waals surface area contributed by atoms with Crippen molar-refractivity contribution in [1.29, 1.82) is 0 Å². The van der Waals surface area contributed by atoms with Crippen molar-refractivity contribution >= 4 is 28.8 Å². The summed E-state index contributed by atoms with van der Waals surface area (Å²) < 4.78 is 5.67. The van der Waals surface area contributed by atoms with Crippen LogP contribution in [0.1, 0.15) is 37.0 Å². The van der Waals surface area contributed by atoms with Crippen molar-refractivity contribution in [2.24, 2.45) is 0 Å². The van der Waals surface area contributed by atoms with E-state index in [1.54, 1.807) is 12.1 Å². The molecule has 0 aromatic heterocycles. The third-order valence-corrected chi connectivity index (χ3v) is 5.62. The molecule has 0 saturated heterocycles. The Morgan fingerprint density at radius 3 is 2.09 bits per heavy atom. The average Bonchev–Trinajstić information content (AvgIpc) is 3.08. The van der Waals surface area contributed by atoms with E-state index in [1.807, 2.05) is 74.5 Å². The molecule has 0 spiro atoms. The fourth-order valence-electron chi connectivity index (χ4n) is 3.75. The molecule has 3 aromatic carbocycles. The molecule has 4 rings (SSSR count). The Hall–Kier alpha value is -3.86. The molecule has 0 saturated carbocycles. The summed E-state index contributed by atoms with van der Waals surface area (Å²) in [5.74, 6) is 0.0153. The first-order chi connectivity index (χ1) is 16.0. The fraction of sp³-hybridized carbons (Fsp3) is 0.214. The molecule has 5 heteroatoms. The normalized spacial score (nSPS) is 13.6. The summed E-state index contributed by atoms with van der Waals surface area (Å²) in [6, 6.07) is 22.6. The molecule has 0 aliphatic carbocycles. The molecule has 1 heterocycles. The Morgan fingerprint density at radius 2 is 1.48 bits per heavy atom. The molecule has 5 nitrogen and oxygen atoms in total. The first kappa shape index (κ1) is 22.3. The van der Waals surface area contributed by atoms with E-state index in [0.29, 0.717) is 23.4 Å².